The van der Waals surface area contributed by atoms with Crippen LogP contribution < -0.4 is 38.1 Å². The van der Waals surface area contributed by atoms with Gasteiger partial charge in [0.15, 0.2) is 7.85 Å². The monoisotopic (exact) mass is 509 g/mol. The molecule has 4 amide bonds. The Balaban J connectivity index is 5.25. The molecule has 204 valence electrons. The molecule has 12 nitrogen and oxygen atoms in total. The fraction of sp³-hybridized carbons (Fsp3) is 0.783. The number of hydrogen-bond donors (Lipinski definition) is 7. The average molecular weight is 509 g/mol. The van der Waals surface area contributed by atoms with E-state index in [2.05, 4.69) is 26.6 Å². The van der Waals surface area contributed by atoms with Gasteiger partial charge in [-0.2, -0.15) is 0 Å². The van der Waals surface area contributed by atoms with Crippen molar-refractivity contribution in [2.24, 2.45) is 11.5 Å². The van der Waals surface area contributed by atoms with Gasteiger partial charge in [-0.1, -0.05) is 6.92 Å². The maximum Gasteiger partial charge on any atom is 0.243 e. The van der Waals surface area contributed by atoms with Crippen LogP contribution in [0, 0.1) is 0 Å². The number of unbranched alkanes of at least 4 members (excludes halogenated alkanes) is 2. The number of amides is 4. The van der Waals surface area contributed by atoms with Crippen LogP contribution in [0.5, 0.6) is 0 Å². The van der Waals surface area contributed by atoms with Crippen molar-refractivity contribution in [1.29, 1.82) is 0 Å². The molecule has 4 atom stereocenters. The Hall–Kier alpha value is -2.51. The Labute approximate surface area is 215 Å². The number of carbonyl (C=O) groups excluding carboxylic acids is 5. The molecular formula is C23H44BN7O5. The summed E-state index contributed by atoms with van der Waals surface area (Å²) in [5.41, 5.74) is 10.0. The zero-order chi connectivity index (χ0) is 27.5. The van der Waals surface area contributed by atoms with Crippen molar-refractivity contribution >= 4 is 37.2 Å². The first-order valence-electron chi connectivity index (χ1n) is 12.6. The molecule has 0 aliphatic rings. The number of hydrogen-bond acceptors (Lipinski definition) is 8. The Morgan fingerprint density at radius 1 is 0.833 bits per heavy atom. The summed E-state index contributed by atoms with van der Waals surface area (Å²) < 4.78 is 0. The van der Waals surface area contributed by atoms with E-state index in [4.69, 9.17) is 19.3 Å². The predicted octanol–water partition coefficient (Wildman–Crippen LogP) is -2.08. The molecule has 2 radical (unpaired) electrons. The van der Waals surface area contributed by atoms with E-state index < -0.39 is 41.5 Å². The highest BCUT2D eigenvalue weighted by atomic mass is 16.2. The summed E-state index contributed by atoms with van der Waals surface area (Å²) in [5, 5.41) is 14.0. The molecule has 0 aliphatic heterocycles. The first-order valence-corrected chi connectivity index (χ1v) is 12.6. The average Bonchev–Trinajstić information content (AvgIpc) is 2.83. The van der Waals surface area contributed by atoms with Crippen molar-refractivity contribution in [3.8, 4) is 0 Å². The lowest BCUT2D eigenvalue weighted by molar-refractivity contribution is -0.131. The van der Waals surface area contributed by atoms with Crippen LogP contribution in [-0.4, -0.2) is 88.0 Å². The number of nitrogens with two attached hydrogens (primary N) is 2. The molecule has 0 saturated heterocycles. The quantitative estimate of drug-likeness (QED) is 0.0675. The zero-order valence-electron chi connectivity index (χ0n) is 21.9. The van der Waals surface area contributed by atoms with Crippen molar-refractivity contribution in [2.75, 3.05) is 26.7 Å². The Morgan fingerprint density at radius 3 is 1.97 bits per heavy atom. The summed E-state index contributed by atoms with van der Waals surface area (Å²) in [5.74, 6) is -1.65. The van der Waals surface area contributed by atoms with Gasteiger partial charge < -0.3 is 42.8 Å². The van der Waals surface area contributed by atoms with Gasteiger partial charge in [-0.05, 0) is 72.0 Å². The SMILES string of the molecule is [B]C(=O)[C@H](CCCCN)NC(=O)[C@H](CCCCNC(=O)[C@H](C)NC)NC(=O)[C@H](CCC(N)=O)NCC. The molecule has 0 fully saturated rings. The minimum absolute atomic E-state index is 0.0115. The molecule has 0 aromatic heterocycles. The second-order valence-electron chi connectivity index (χ2n) is 8.72. The van der Waals surface area contributed by atoms with Gasteiger partial charge in [0.25, 0.3) is 0 Å². The molecule has 9 N–H and O–H groups in total. The summed E-state index contributed by atoms with van der Waals surface area (Å²) in [7, 11) is 7.15. The van der Waals surface area contributed by atoms with E-state index in [1.807, 2.05) is 6.92 Å². The van der Waals surface area contributed by atoms with Gasteiger partial charge in [0, 0.05) is 13.0 Å². The van der Waals surface area contributed by atoms with Crippen molar-refractivity contribution < 1.29 is 24.0 Å². The minimum atomic E-state index is -0.935. The van der Waals surface area contributed by atoms with E-state index in [-0.39, 0.29) is 31.2 Å². The van der Waals surface area contributed by atoms with Crippen molar-refractivity contribution in [3.05, 3.63) is 0 Å². The van der Waals surface area contributed by atoms with Gasteiger partial charge in [-0.3, -0.25) is 19.2 Å². The number of nitrogens with one attached hydrogen (secondary N) is 5. The van der Waals surface area contributed by atoms with E-state index in [1.165, 1.54) is 0 Å². The summed E-state index contributed by atoms with van der Waals surface area (Å²) in [6, 6.07) is -2.85. The number of carbonyl (C=O) groups is 5. The van der Waals surface area contributed by atoms with Gasteiger partial charge >= 0.3 is 0 Å². The van der Waals surface area contributed by atoms with Gasteiger partial charge in [-0.25, -0.2) is 0 Å². The molecule has 0 aromatic rings. The smallest absolute Gasteiger partial charge is 0.243 e. The summed E-state index contributed by atoms with van der Waals surface area (Å²) >= 11 is 0. The van der Waals surface area contributed by atoms with Crippen LogP contribution in [0.15, 0.2) is 0 Å². The molecule has 0 aliphatic carbocycles. The van der Waals surface area contributed by atoms with Crippen molar-refractivity contribution in [3.63, 3.8) is 0 Å². The van der Waals surface area contributed by atoms with Gasteiger partial charge in [0.05, 0.1) is 23.8 Å². The first-order chi connectivity index (χ1) is 17.1. The van der Waals surface area contributed by atoms with Crippen molar-refractivity contribution in [2.45, 2.75) is 89.4 Å². The highest BCUT2D eigenvalue weighted by Crippen LogP contribution is 2.07. The first kappa shape index (κ1) is 33.5. The van der Waals surface area contributed by atoms with E-state index >= 15 is 0 Å². The lowest BCUT2D eigenvalue weighted by Gasteiger charge is -2.25. The molecule has 0 heterocycles. The summed E-state index contributed by atoms with van der Waals surface area (Å²) in [4.78, 5) is 60.9. The van der Waals surface area contributed by atoms with Gasteiger partial charge in [0.1, 0.15) is 6.04 Å². The number of rotatable bonds is 21. The molecule has 13 heteroatoms. The van der Waals surface area contributed by atoms with Crippen LogP contribution in [0.1, 0.15) is 65.2 Å². The second-order valence-corrected chi connectivity index (χ2v) is 8.72. The lowest BCUT2D eigenvalue weighted by atomic mass is 9.91. The third kappa shape index (κ3) is 14.8. The lowest BCUT2D eigenvalue weighted by Crippen LogP contribution is -2.55. The molecule has 0 bridgehead atoms. The van der Waals surface area contributed by atoms with E-state index in [9.17, 15) is 24.0 Å². The molecular weight excluding hydrogens is 465 g/mol. The van der Waals surface area contributed by atoms with Crippen LogP contribution in [-0.2, 0) is 24.0 Å². The fourth-order valence-electron chi connectivity index (χ4n) is 3.42. The topological polar surface area (TPSA) is 198 Å². The van der Waals surface area contributed by atoms with Crippen molar-refractivity contribution in [1.82, 2.24) is 26.6 Å². The molecule has 0 rings (SSSR count). The second kappa shape index (κ2) is 19.7. The van der Waals surface area contributed by atoms with E-state index in [0.717, 1.165) is 0 Å². The molecule has 0 unspecified atom stereocenters. The Morgan fingerprint density at radius 2 is 1.42 bits per heavy atom. The van der Waals surface area contributed by atoms with Gasteiger partial charge in [-0.15, -0.1) is 0 Å². The third-order valence-electron chi connectivity index (χ3n) is 5.73. The third-order valence-corrected chi connectivity index (χ3v) is 5.73. The van der Waals surface area contributed by atoms with Gasteiger partial charge in [0.2, 0.25) is 23.6 Å². The van der Waals surface area contributed by atoms with Crippen LogP contribution in [0.4, 0.5) is 0 Å². The van der Waals surface area contributed by atoms with Crippen LogP contribution in [0.25, 0.3) is 0 Å². The maximum absolute atomic E-state index is 13.0. The standard InChI is InChI=1S/C23H44BN7O5/c1-4-28-17(11-12-19(26)32)22(35)31-18(10-6-8-14-29-21(34)15(2)27-3)23(36)30-16(20(24)33)9-5-7-13-25/h15-18,27-28H,4-14,25H2,1-3H3,(H2,26,32)(H,29,34)(H,30,36)(H,31,35)/t15-,16-,17-,18-/m0/s1. The van der Waals surface area contributed by atoms with E-state index in [1.54, 1.807) is 14.0 Å². The molecule has 0 spiro atoms. The summed E-state index contributed by atoms with van der Waals surface area (Å²) in [6.07, 6.45) is 3.21. The highest BCUT2D eigenvalue weighted by Gasteiger charge is 2.27. The minimum Gasteiger partial charge on any atom is -0.370 e. The fourth-order valence-corrected chi connectivity index (χ4v) is 3.42. The maximum atomic E-state index is 13.0. The molecule has 0 aromatic carbocycles. The molecule has 36 heavy (non-hydrogen) atoms. The highest BCUT2D eigenvalue weighted by molar-refractivity contribution is 6.59. The van der Waals surface area contributed by atoms with Crippen LogP contribution >= 0.6 is 0 Å². The normalized spacial score (nSPS) is 14.2. The summed E-state index contributed by atoms with van der Waals surface area (Å²) in [6.45, 7) is 4.90. The zero-order valence-corrected chi connectivity index (χ0v) is 21.9. The molecule has 0 saturated carbocycles. The predicted molar refractivity (Wildman–Crippen MR) is 139 cm³/mol. The number of likely N-dealkylation sites (N-methyl/N-ethyl adjacent to an activating group) is 2. The van der Waals surface area contributed by atoms with Crippen LogP contribution in [0.2, 0.25) is 0 Å². The van der Waals surface area contributed by atoms with Crippen LogP contribution in [0.3, 0.4) is 0 Å². The largest absolute Gasteiger partial charge is 0.370 e. The Bertz CT molecular complexity index is 710. The van der Waals surface area contributed by atoms with E-state index in [0.29, 0.717) is 51.7 Å². The number of primary amides is 1. The Kier molecular flexibility index (Phi) is 18.3.